The molecule has 0 atom stereocenters. The maximum Gasteiger partial charge on any atom is -0.0149 e. The van der Waals surface area contributed by atoms with E-state index in [-0.39, 0.29) is 0 Å². The van der Waals surface area contributed by atoms with Crippen molar-refractivity contribution in [3.05, 3.63) is 82.9 Å². The minimum atomic E-state index is 1.29. The Morgan fingerprint density at radius 3 is 1.77 bits per heavy atom. The van der Waals surface area contributed by atoms with E-state index in [1.165, 1.54) is 44.5 Å². The Hall–Kier alpha value is -2.34. The molecule has 22 heavy (non-hydrogen) atoms. The SMILES string of the molecule is Cc1ccc(-c2cc(C)c(-c3ccccc3C)cc2C)cc1. The average molecular weight is 286 g/mol. The lowest BCUT2D eigenvalue weighted by Gasteiger charge is -2.14. The van der Waals surface area contributed by atoms with Gasteiger partial charge in [0.05, 0.1) is 0 Å². The minimum Gasteiger partial charge on any atom is -0.0620 e. The van der Waals surface area contributed by atoms with E-state index in [1.807, 2.05) is 0 Å². The first-order chi connectivity index (χ1) is 10.6. The van der Waals surface area contributed by atoms with Crippen LogP contribution in [0.4, 0.5) is 0 Å². The summed E-state index contributed by atoms with van der Waals surface area (Å²) >= 11 is 0. The van der Waals surface area contributed by atoms with Crippen molar-refractivity contribution in [1.29, 1.82) is 0 Å². The standard InChI is InChI=1S/C22H22/c1-15-9-11-19(12-10-15)21-13-18(4)22(14-17(21)3)20-8-6-5-7-16(20)2/h5-14H,1-4H3. The topological polar surface area (TPSA) is 0 Å². The van der Waals surface area contributed by atoms with Crippen molar-refractivity contribution in [2.24, 2.45) is 0 Å². The van der Waals surface area contributed by atoms with Crippen LogP contribution in [-0.4, -0.2) is 0 Å². The van der Waals surface area contributed by atoms with Gasteiger partial charge in [-0.05, 0) is 66.6 Å². The zero-order valence-electron chi connectivity index (χ0n) is 13.8. The summed E-state index contributed by atoms with van der Waals surface area (Å²) < 4.78 is 0. The highest BCUT2D eigenvalue weighted by Gasteiger charge is 2.09. The van der Waals surface area contributed by atoms with Gasteiger partial charge in [-0.2, -0.15) is 0 Å². The van der Waals surface area contributed by atoms with Crippen LogP contribution in [-0.2, 0) is 0 Å². The molecule has 110 valence electrons. The van der Waals surface area contributed by atoms with E-state index in [1.54, 1.807) is 0 Å². The summed E-state index contributed by atoms with van der Waals surface area (Å²) in [6, 6.07) is 22.0. The smallest absolute Gasteiger partial charge is 0.0149 e. The highest BCUT2D eigenvalue weighted by Crippen LogP contribution is 2.33. The Morgan fingerprint density at radius 1 is 0.500 bits per heavy atom. The van der Waals surface area contributed by atoms with Crippen molar-refractivity contribution in [1.82, 2.24) is 0 Å². The molecule has 0 saturated carbocycles. The normalized spacial score (nSPS) is 10.7. The van der Waals surface area contributed by atoms with E-state index in [2.05, 4.69) is 88.4 Å². The van der Waals surface area contributed by atoms with Gasteiger partial charge in [-0.15, -0.1) is 0 Å². The third kappa shape index (κ3) is 2.69. The van der Waals surface area contributed by atoms with E-state index in [0.29, 0.717) is 0 Å². The fourth-order valence-electron chi connectivity index (χ4n) is 3.03. The number of hydrogen-bond donors (Lipinski definition) is 0. The molecule has 0 aliphatic heterocycles. The first-order valence-electron chi connectivity index (χ1n) is 7.80. The van der Waals surface area contributed by atoms with Crippen molar-refractivity contribution in [2.75, 3.05) is 0 Å². The molecule has 0 heteroatoms. The zero-order valence-corrected chi connectivity index (χ0v) is 13.8. The molecule has 3 aromatic rings. The predicted octanol–water partition coefficient (Wildman–Crippen LogP) is 6.25. The second kappa shape index (κ2) is 5.81. The van der Waals surface area contributed by atoms with Crippen molar-refractivity contribution < 1.29 is 0 Å². The summed E-state index contributed by atoms with van der Waals surface area (Å²) in [5, 5.41) is 0. The summed E-state index contributed by atoms with van der Waals surface area (Å²) in [7, 11) is 0. The quantitative estimate of drug-likeness (QED) is 0.522. The highest BCUT2D eigenvalue weighted by molar-refractivity contribution is 5.77. The van der Waals surface area contributed by atoms with Crippen LogP contribution in [0, 0.1) is 27.7 Å². The fourth-order valence-corrected chi connectivity index (χ4v) is 3.03. The maximum atomic E-state index is 2.33. The molecule has 0 N–H and O–H groups in total. The number of aryl methyl sites for hydroxylation is 4. The molecule has 0 aliphatic carbocycles. The third-order valence-electron chi connectivity index (χ3n) is 4.37. The van der Waals surface area contributed by atoms with E-state index < -0.39 is 0 Å². The second-order valence-corrected chi connectivity index (χ2v) is 6.16. The van der Waals surface area contributed by atoms with E-state index in [0.717, 1.165) is 0 Å². The highest BCUT2D eigenvalue weighted by atomic mass is 14.1. The molecule has 0 amide bonds. The summed E-state index contributed by atoms with van der Waals surface area (Å²) in [5.41, 5.74) is 10.6. The molecule has 0 saturated heterocycles. The lowest BCUT2D eigenvalue weighted by molar-refractivity contribution is 1.36. The third-order valence-corrected chi connectivity index (χ3v) is 4.37. The van der Waals surface area contributed by atoms with Crippen molar-refractivity contribution in [3.8, 4) is 22.3 Å². The van der Waals surface area contributed by atoms with E-state index >= 15 is 0 Å². The van der Waals surface area contributed by atoms with Crippen molar-refractivity contribution in [2.45, 2.75) is 27.7 Å². The molecular weight excluding hydrogens is 264 g/mol. The van der Waals surface area contributed by atoms with Gasteiger partial charge >= 0.3 is 0 Å². The predicted molar refractivity (Wildman–Crippen MR) is 96.3 cm³/mol. The molecule has 0 heterocycles. The van der Waals surface area contributed by atoms with Gasteiger partial charge in [0.2, 0.25) is 0 Å². The number of rotatable bonds is 2. The lowest BCUT2D eigenvalue weighted by atomic mass is 9.90. The van der Waals surface area contributed by atoms with E-state index in [9.17, 15) is 0 Å². The lowest BCUT2D eigenvalue weighted by Crippen LogP contribution is -1.91. The van der Waals surface area contributed by atoms with Crippen LogP contribution in [0.3, 0.4) is 0 Å². The van der Waals surface area contributed by atoms with Crippen molar-refractivity contribution in [3.63, 3.8) is 0 Å². The van der Waals surface area contributed by atoms with Gasteiger partial charge in [-0.1, -0.05) is 66.2 Å². The molecule has 0 radical (unpaired) electrons. The summed E-state index contributed by atoms with van der Waals surface area (Å²) in [4.78, 5) is 0. The number of hydrogen-bond acceptors (Lipinski definition) is 0. The molecule has 0 aromatic heterocycles. The first-order valence-corrected chi connectivity index (χ1v) is 7.80. The molecular formula is C22H22. The van der Waals surface area contributed by atoms with Gasteiger partial charge in [0.25, 0.3) is 0 Å². The van der Waals surface area contributed by atoms with Crippen LogP contribution in [0.2, 0.25) is 0 Å². The number of benzene rings is 3. The molecule has 0 fully saturated rings. The Bertz CT molecular complexity index is 808. The Morgan fingerprint density at radius 2 is 1.09 bits per heavy atom. The summed E-state index contributed by atoms with van der Waals surface area (Å²) in [5.74, 6) is 0. The first kappa shape index (κ1) is 14.6. The molecule has 0 bridgehead atoms. The van der Waals surface area contributed by atoms with Crippen LogP contribution in [0.15, 0.2) is 60.7 Å². The van der Waals surface area contributed by atoms with Gasteiger partial charge in [0.1, 0.15) is 0 Å². The van der Waals surface area contributed by atoms with Crippen LogP contribution in [0.5, 0.6) is 0 Å². The minimum absolute atomic E-state index is 1.29. The van der Waals surface area contributed by atoms with Crippen LogP contribution in [0.1, 0.15) is 22.3 Å². The van der Waals surface area contributed by atoms with Gasteiger partial charge < -0.3 is 0 Å². The van der Waals surface area contributed by atoms with Gasteiger partial charge in [0, 0.05) is 0 Å². The molecule has 0 spiro atoms. The molecule has 0 unspecified atom stereocenters. The Balaban J connectivity index is 2.13. The van der Waals surface area contributed by atoms with Crippen molar-refractivity contribution >= 4 is 0 Å². The zero-order chi connectivity index (χ0) is 15.7. The maximum absolute atomic E-state index is 2.33. The van der Waals surface area contributed by atoms with Gasteiger partial charge in [-0.3, -0.25) is 0 Å². The average Bonchev–Trinajstić information content (AvgIpc) is 2.51. The monoisotopic (exact) mass is 286 g/mol. The van der Waals surface area contributed by atoms with Gasteiger partial charge in [-0.25, -0.2) is 0 Å². The Kier molecular flexibility index (Phi) is 3.85. The molecule has 0 aliphatic rings. The molecule has 3 rings (SSSR count). The Labute approximate surface area is 133 Å². The van der Waals surface area contributed by atoms with Crippen LogP contribution in [0.25, 0.3) is 22.3 Å². The van der Waals surface area contributed by atoms with Crippen LogP contribution < -0.4 is 0 Å². The molecule has 3 aromatic carbocycles. The fraction of sp³-hybridized carbons (Fsp3) is 0.182. The largest absolute Gasteiger partial charge is 0.0620 e. The van der Waals surface area contributed by atoms with Gasteiger partial charge in [0.15, 0.2) is 0 Å². The van der Waals surface area contributed by atoms with E-state index in [4.69, 9.17) is 0 Å². The second-order valence-electron chi connectivity index (χ2n) is 6.16. The summed E-state index contributed by atoms with van der Waals surface area (Å²) in [6.07, 6.45) is 0. The van der Waals surface area contributed by atoms with Crippen LogP contribution >= 0.6 is 0 Å². The summed E-state index contributed by atoms with van der Waals surface area (Å²) in [6.45, 7) is 8.72. The molecule has 0 nitrogen and oxygen atoms in total.